The topological polar surface area (TPSA) is 72.4 Å². The van der Waals surface area contributed by atoms with Gasteiger partial charge in [0.05, 0.1) is 41.1 Å². The molecule has 0 radical (unpaired) electrons. The average Bonchev–Trinajstić information content (AvgIpc) is 2.03. The second-order valence-corrected chi connectivity index (χ2v) is 2.97. The van der Waals surface area contributed by atoms with Crippen LogP contribution < -0.4 is 22.2 Å². The third kappa shape index (κ3) is 20.1. The van der Waals surface area contributed by atoms with Gasteiger partial charge < -0.3 is 35.8 Å². The zero-order valence-electron chi connectivity index (χ0n) is 15.5. The van der Waals surface area contributed by atoms with Crippen LogP contribution in [0.3, 0.4) is 0 Å². The van der Waals surface area contributed by atoms with Crippen LogP contribution in [0.5, 0.6) is 0 Å². The number of likely N-dealkylation sites (N-methyl/N-ethyl adjacent to an activating group) is 1. The van der Waals surface area contributed by atoms with E-state index in [1.807, 2.05) is 0 Å². The van der Waals surface area contributed by atoms with Crippen LogP contribution in [0.1, 0.15) is 12.3 Å². The van der Waals surface area contributed by atoms with Gasteiger partial charge in [-0.1, -0.05) is 0 Å². The van der Waals surface area contributed by atoms with Crippen LogP contribution >= 0.6 is 7.82 Å². The van der Waals surface area contributed by atoms with Crippen LogP contribution in [0.2, 0.25) is 0 Å². The number of hydrogen-bond acceptors (Lipinski definition) is 4. The van der Waals surface area contributed by atoms with E-state index in [4.69, 9.17) is 12.3 Å². The summed E-state index contributed by atoms with van der Waals surface area (Å²) in [7, 11) is -5.47. The minimum Gasteiger partial charge on any atom is -1.00 e. The number of nitrogens with zero attached hydrogens (tertiary/aromatic N) is 1. The number of halogens is 1. The van der Waals surface area contributed by atoms with Crippen molar-refractivity contribution >= 4 is 56.7 Å². The molecule has 8 heteroatoms. The van der Waals surface area contributed by atoms with E-state index in [2.05, 4.69) is 4.52 Å². The quantitative estimate of drug-likeness (QED) is 0.285. The van der Waals surface area contributed by atoms with Crippen molar-refractivity contribution in [1.82, 2.24) is 0 Å². The van der Waals surface area contributed by atoms with Gasteiger partial charge in [-0.15, -0.1) is 0 Å². The molecule has 0 fully saturated rings. The fourth-order valence-electron chi connectivity index (χ4n) is 0.290. The molecule has 13 heavy (non-hydrogen) atoms. The van der Waals surface area contributed by atoms with Crippen LogP contribution in [0.15, 0.2) is 0 Å². The molecule has 0 N–H and O–H groups in total. The molecule has 0 aliphatic heterocycles. The van der Waals surface area contributed by atoms with Gasteiger partial charge in [0.1, 0.15) is 13.2 Å². The Morgan fingerprint density at radius 1 is 1.46 bits per heavy atom. The number of phosphoric ester groups is 1. The first-order valence-electron chi connectivity index (χ1n) is 7.01. The predicted molar refractivity (Wildman–Crippen MR) is 42.2 cm³/mol. The summed E-state index contributed by atoms with van der Waals surface area (Å²) >= 11 is 0. The van der Waals surface area contributed by atoms with Crippen molar-refractivity contribution in [2.75, 3.05) is 34.1 Å². The van der Waals surface area contributed by atoms with Crippen LogP contribution in [0, 0.1) is 0 Å². The summed E-state index contributed by atoms with van der Waals surface area (Å²) in [5.74, 6) is 0. The van der Waals surface area contributed by atoms with Gasteiger partial charge in [-0.3, -0.25) is 0 Å². The normalized spacial score (nSPS) is 24.6. The van der Waals surface area contributed by atoms with Gasteiger partial charge in [-0.25, -0.2) is 0 Å². The average molecular weight is 364 g/mol. The van der Waals surface area contributed by atoms with E-state index in [0.29, 0.717) is 0 Å². The Labute approximate surface area is 138 Å². The molecule has 0 aromatic heterocycles. The Morgan fingerprint density at radius 3 is 2.23 bits per heavy atom. The third-order valence-electron chi connectivity index (χ3n) is 0.676. The minimum atomic E-state index is -5.47. The zero-order chi connectivity index (χ0) is 16.6. The van der Waals surface area contributed by atoms with Crippen LogP contribution in [-0.4, -0.2) is 87.4 Å². The van der Waals surface area contributed by atoms with Crippen LogP contribution in [0.4, 0.5) is 0 Å². The minimum absolute atomic E-state index is 0. The molecule has 0 spiro atoms. The van der Waals surface area contributed by atoms with Crippen molar-refractivity contribution in [3.05, 3.63) is 0 Å². The van der Waals surface area contributed by atoms with Crippen molar-refractivity contribution in [3.63, 3.8) is 0 Å². The Bertz CT molecular complexity index is 357. The van der Waals surface area contributed by atoms with E-state index in [1.165, 1.54) is 0 Å². The van der Waals surface area contributed by atoms with E-state index in [0.717, 1.165) is 0 Å². The SMILES string of the molecule is [2H]C([2H])([2H])[N+](CCOP(=O)([O-])[O-])(C([2H])([2H])[2H])C([2H])([2H])[2H].[Ba+2].[Cl-]. The van der Waals surface area contributed by atoms with Gasteiger partial charge in [0, 0.05) is 0 Å². The van der Waals surface area contributed by atoms with Gasteiger partial charge in [0.15, 0.2) is 0 Å². The van der Waals surface area contributed by atoms with Crippen molar-refractivity contribution in [2.24, 2.45) is 0 Å². The summed E-state index contributed by atoms with van der Waals surface area (Å²) in [6.07, 6.45) is 0. The molecule has 0 atom stereocenters. The second-order valence-electron chi connectivity index (χ2n) is 1.81. The van der Waals surface area contributed by atoms with Gasteiger partial charge in [0.2, 0.25) is 0 Å². The Balaban J connectivity index is -0.00000180. The van der Waals surface area contributed by atoms with Gasteiger partial charge >= 0.3 is 48.9 Å². The fourth-order valence-corrected chi connectivity index (χ4v) is 0.595. The maximum Gasteiger partial charge on any atom is 2.00 e. The Morgan fingerprint density at radius 2 is 1.92 bits per heavy atom. The molecule has 76 valence electrons. The molecular formula is C5H13BaClNO4P. The van der Waals surface area contributed by atoms with Gasteiger partial charge in [-0.05, 0) is 0 Å². The fraction of sp³-hybridized carbons (Fsp3) is 1.00. The molecule has 0 aliphatic carbocycles. The number of rotatable bonds is 4. The summed E-state index contributed by atoms with van der Waals surface area (Å²) in [6, 6.07) is 0. The molecule has 5 nitrogen and oxygen atoms in total. The molecule has 0 unspecified atom stereocenters. The number of phosphoric acid groups is 1. The smallest absolute Gasteiger partial charge is 1.00 e. The summed E-state index contributed by atoms with van der Waals surface area (Å²) in [6.45, 7) is -12.9. The number of quaternary nitrogens is 1. The first-order valence-corrected chi connectivity index (χ1v) is 3.97. The van der Waals surface area contributed by atoms with Gasteiger partial charge in [0.25, 0.3) is 0 Å². The maximum atomic E-state index is 10.3. The van der Waals surface area contributed by atoms with Crippen LogP contribution in [-0.2, 0) is 9.09 Å². The molecular weight excluding hydrogens is 342 g/mol. The summed E-state index contributed by atoms with van der Waals surface area (Å²) in [5, 5.41) is 0. The molecule has 0 saturated carbocycles. The zero-order valence-corrected chi connectivity index (χ0v) is 12.6. The van der Waals surface area contributed by atoms with Gasteiger partial charge in [-0.2, -0.15) is 0 Å². The Kier molecular flexibility index (Phi) is 4.13. The predicted octanol–water partition coefficient (Wildman–Crippen LogP) is -4.84. The molecule has 0 aliphatic rings. The Hall–Kier alpha value is 1.93. The first kappa shape index (κ1) is 6.61. The van der Waals surface area contributed by atoms with Crippen molar-refractivity contribution in [3.8, 4) is 0 Å². The molecule has 0 aromatic carbocycles. The van der Waals surface area contributed by atoms with E-state index in [9.17, 15) is 14.4 Å². The molecule has 0 saturated heterocycles. The molecule has 0 heterocycles. The van der Waals surface area contributed by atoms with Crippen molar-refractivity contribution < 1.29 is 48.1 Å². The van der Waals surface area contributed by atoms with Crippen molar-refractivity contribution in [1.29, 1.82) is 0 Å². The maximum absolute atomic E-state index is 10.3. The second kappa shape index (κ2) is 8.13. The number of hydrogen-bond donors (Lipinski definition) is 0. The van der Waals surface area contributed by atoms with E-state index in [1.54, 1.807) is 0 Å². The van der Waals surface area contributed by atoms with Crippen molar-refractivity contribution in [2.45, 2.75) is 0 Å². The summed E-state index contributed by atoms with van der Waals surface area (Å²) in [4.78, 5) is 20.6. The molecule has 0 rings (SSSR count). The molecule has 0 aromatic rings. The van der Waals surface area contributed by atoms with Crippen LogP contribution in [0.25, 0.3) is 0 Å². The van der Waals surface area contributed by atoms with E-state index < -0.39 is 46.4 Å². The first-order chi connectivity index (χ1) is 8.46. The molecule has 0 bridgehead atoms. The standard InChI is InChI=1S/C5H14NO4P.Ba.ClH/c1-6(2,3)4-5-10-11(7,8)9;;/h4-5H2,1-3H3,(H-,7,8,9);;1H/q;+2;/p-2/i1D3,2D3,3D3;;. The summed E-state index contributed by atoms with van der Waals surface area (Å²) in [5.41, 5.74) is 0. The molecule has 0 amide bonds. The monoisotopic (exact) mass is 364 g/mol. The van der Waals surface area contributed by atoms with E-state index >= 15 is 0 Å². The third-order valence-corrected chi connectivity index (χ3v) is 1.17. The summed E-state index contributed by atoms with van der Waals surface area (Å²) < 4.78 is 76.4. The largest absolute Gasteiger partial charge is 2.00 e. The van der Waals surface area contributed by atoms with E-state index in [-0.39, 0.29) is 61.3 Å².